The molecule has 184 valence electrons. The summed E-state index contributed by atoms with van der Waals surface area (Å²) in [6.07, 6.45) is 1.75. The average molecular weight is 539 g/mol. The van der Waals surface area contributed by atoms with Gasteiger partial charge in [0.1, 0.15) is 11.5 Å². The number of aryl methyl sites for hydroxylation is 1. The van der Waals surface area contributed by atoms with E-state index in [2.05, 4.69) is 0 Å². The largest absolute Gasteiger partial charge is 0.457 e. The molecule has 0 radical (unpaired) electrons. The van der Waals surface area contributed by atoms with Gasteiger partial charge in [0, 0.05) is 34.6 Å². The highest BCUT2D eigenvalue weighted by Crippen LogP contribution is 2.25. The van der Waals surface area contributed by atoms with E-state index in [0.29, 0.717) is 58.9 Å². The maximum atomic E-state index is 13.3. The number of amides is 1. The smallest absolute Gasteiger partial charge is 0.223 e. The highest BCUT2D eigenvalue weighted by Gasteiger charge is 2.16. The second-order valence-corrected chi connectivity index (χ2v) is 9.77. The fourth-order valence-corrected chi connectivity index (χ4v) is 4.52. The molecule has 0 heterocycles. The number of carbonyl (C=O) groups excluding carboxylic acids is 1. The Morgan fingerprint density at radius 1 is 0.694 bits per heavy atom. The molecule has 3 nitrogen and oxygen atoms in total. The molecule has 36 heavy (non-hydrogen) atoms. The maximum Gasteiger partial charge on any atom is 0.223 e. The van der Waals surface area contributed by atoms with Gasteiger partial charge in [0.05, 0.1) is 0 Å². The van der Waals surface area contributed by atoms with Gasteiger partial charge in [-0.15, -0.1) is 0 Å². The van der Waals surface area contributed by atoms with Crippen molar-refractivity contribution in [3.8, 4) is 11.5 Å². The lowest BCUT2D eigenvalue weighted by Crippen LogP contribution is -2.32. The van der Waals surface area contributed by atoms with Crippen molar-refractivity contribution >= 4 is 40.7 Å². The predicted molar refractivity (Wildman–Crippen MR) is 148 cm³/mol. The lowest BCUT2D eigenvalue weighted by Gasteiger charge is -2.24. The van der Waals surface area contributed by atoms with Crippen molar-refractivity contribution in [2.24, 2.45) is 0 Å². The van der Waals surface area contributed by atoms with Gasteiger partial charge in [0.2, 0.25) is 5.91 Å². The topological polar surface area (TPSA) is 29.5 Å². The molecule has 0 atom stereocenters. The lowest BCUT2D eigenvalue weighted by molar-refractivity contribution is -0.131. The Balaban J connectivity index is 1.47. The number of nitrogens with zero attached hydrogens (tertiary/aromatic N) is 1. The Kier molecular flexibility index (Phi) is 9.29. The first-order valence-corrected chi connectivity index (χ1v) is 12.9. The van der Waals surface area contributed by atoms with Crippen LogP contribution in [0.15, 0.2) is 97.1 Å². The Morgan fingerprint density at radius 3 is 2.17 bits per heavy atom. The molecule has 0 saturated carbocycles. The quantitative estimate of drug-likeness (QED) is 0.202. The van der Waals surface area contributed by atoms with Crippen molar-refractivity contribution in [1.29, 1.82) is 0 Å². The van der Waals surface area contributed by atoms with Crippen LogP contribution < -0.4 is 4.74 Å². The summed E-state index contributed by atoms with van der Waals surface area (Å²) >= 11 is 18.4. The van der Waals surface area contributed by atoms with Gasteiger partial charge in [-0.25, -0.2) is 0 Å². The second kappa shape index (κ2) is 12.8. The van der Waals surface area contributed by atoms with Gasteiger partial charge in [0.15, 0.2) is 0 Å². The SMILES string of the molecule is O=C(CCc1ccccc1)N(CCc1ccc(Cl)cc1Cl)Cc1cccc(Oc2ccc(Cl)cc2)c1. The van der Waals surface area contributed by atoms with Gasteiger partial charge in [-0.2, -0.15) is 0 Å². The summed E-state index contributed by atoms with van der Waals surface area (Å²) in [4.78, 5) is 15.2. The van der Waals surface area contributed by atoms with Crippen LogP contribution in [0.3, 0.4) is 0 Å². The van der Waals surface area contributed by atoms with Crippen molar-refractivity contribution in [1.82, 2.24) is 4.90 Å². The van der Waals surface area contributed by atoms with E-state index in [-0.39, 0.29) is 5.91 Å². The average Bonchev–Trinajstić information content (AvgIpc) is 2.88. The van der Waals surface area contributed by atoms with Crippen LogP contribution in [0, 0.1) is 0 Å². The van der Waals surface area contributed by atoms with E-state index >= 15 is 0 Å². The van der Waals surface area contributed by atoms with Crippen molar-refractivity contribution in [2.75, 3.05) is 6.54 Å². The highest BCUT2D eigenvalue weighted by molar-refractivity contribution is 6.35. The zero-order chi connectivity index (χ0) is 25.3. The van der Waals surface area contributed by atoms with E-state index < -0.39 is 0 Å². The summed E-state index contributed by atoms with van der Waals surface area (Å²) in [5.41, 5.74) is 3.09. The van der Waals surface area contributed by atoms with Gasteiger partial charge in [0.25, 0.3) is 0 Å². The molecule has 0 N–H and O–H groups in total. The monoisotopic (exact) mass is 537 g/mol. The third kappa shape index (κ3) is 7.76. The van der Waals surface area contributed by atoms with Crippen molar-refractivity contribution in [2.45, 2.75) is 25.8 Å². The molecule has 4 aromatic carbocycles. The maximum absolute atomic E-state index is 13.3. The minimum atomic E-state index is 0.0907. The lowest BCUT2D eigenvalue weighted by atomic mass is 10.1. The summed E-state index contributed by atoms with van der Waals surface area (Å²) in [5.74, 6) is 1.49. The van der Waals surface area contributed by atoms with Gasteiger partial charge in [-0.05, 0) is 78.1 Å². The zero-order valence-corrected chi connectivity index (χ0v) is 21.9. The number of carbonyl (C=O) groups is 1. The molecule has 4 aromatic rings. The predicted octanol–water partition coefficient (Wildman–Crippen LogP) is 8.64. The molecular weight excluding hydrogens is 513 g/mol. The van der Waals surface area contributed by atoms with Crippen LogP contribution >= 0.6 is 34.8 Å². The number of halogens is 3. The van der Waals surface area contributed by atoms with Crippen LogP contribution in [0.5, 0.6) is 11.5 Å². The van der Waals surface area contributed by atoms with Crippen molar-refractivity contribution in [3.63, 3.8) is 0 Å². The van der Waals surface area contributed by atoms with Crippen LogP contribution in [-0.4, -0.2) is 17.4 Å². The highest BCUT2D eigenvalue weighted by atomic mass is 35.5. The first kappa shape index (κ1) is 26.1. The normalized spacial score (nSPS) is 10.8. The van der Waals surface area contributed by atoms with Crippen LogP contribution in [0.25, 0.3) is 0 Å². The van der Waals surface area contributed by atoms with Gasteiger partial charge < -0.3 is 9.64 Å². The standard InChI is InChI=1S/C30H26Cl3NO2/c31-25-12-14-27(15-13-25)36-28-8-4-7-23(19-28)21-34(18-17-24-10-11-26(32)20-29(24)33)30(35)16-9-22-5-2-1-3-6-22/h1-8,10-15,19-20H,9,16-18,21H2. The molecule has 0 fully saturated rings. The Labute approximate surface area is 227 Å². The Morgan fingerprint density at radius 2 is 1.42 bits per heavy atom. The van der Waals surface area contributed by atoms with Crippen molar-refractivity contribution in [3.05, 3.63) is 129 Å². The fourth-order valence-electron chi connectivity index (χ4n) is 3.89. The third-order valence-electron chi connectivity index (χ3n) is 5.81. The molecule has 0 aliphatic rings. The van der Waals surface area contributed by atoms with Crippen LogP contribution in [0.2, 0.25) is 15.1 Å². The Hall–Kier alpha value is -2.98. The van der Waals surface area contributed by atoms with Gasteiger partial charge in [-0.3, -0.25) is 4.79 Å². The second-order valence-electron chi connectivity index (χ2n) is 8.49. The van der Waals surface area contributed by atoms with E-state index in [1.807, 2.05) is 83.8 Å². The summed E-state index contributed by atoms with van der Waals surface area (Å²) in [5, 5.41) is 1.86. The molecule has 0 saturated heterocycles. The number of benzene rings is 4. The van der Waals surface area contributed by atoms with Crippen LogP contribution in [0.4, 0.5) is 0 Å². The molecule has 0 aromatic heterocycles. The molecule has 6 heteroatoms. The molecule has 0 aliphatic carbocycles. The first-order chi connectivity index (χ1) is 17.5. The molecule has 0 unspecified atom stereocenters. The third-order valence-corrected chi connectivity index (χ3v) is 6.65. The number of rotatable bonds is 10. The van der Waals surface area contributed by atoms with Crippen LogP contribution in [-0.2, 0) is 24.2 Å². The molecule has 0 aliphatic heterocycles. The summed E-state index contributed by atoms with van der Waals surface area (Å²) in [7, 11) is 0. The molecule has 0 bridgehead atoms. The first-order valence-electron chi connectivity index (χ1n) is 11.7. The minimum absolute atomic E-state index is 0.0907. The molecule has 4 rings (SSSR count). The summed E-state index contributed by atoms with van der Waals surface area (Å²) < 4.78 is 5.99. The minimum Gasteiger partial charge on any atom is -0.457 e. The number of hydrogen-bond donors (Lipinski definition) is 0. The van der Waals surface area contributed by atoms with Crippen LogP contribution in [0.1, 0.15) is 23.1 Å². The van der Waals surface area contributed by atoms with E-state index in [9.17, 15) is 4.79 Å². The number of hydrogen-bond acceptors (Lipinski definition) is 2. The van der Waals surface area contributed by atoms with Gasteiger partial charge in [-0.1, -0.05) is 83.3 Å². The van der Waals surface area contributed by atoms with E-state index in [1.54, 1.807) is 18.2 Å². The fraction of sp³-hybridized carbons (Fsp3) is 0.167. The molecular formula is C30H26Cl3NO2. The summed E-state index contributed by atoms with van der Waals surface area (Å²) in [6.45, 7) is 1.01. The Bertz CT molecular complexity index is 1290. The van der Waals surface area contributed by atoms with E-state index in [0.717, 1.165) is 16.7 Å². The number of ether oxygens (including phenoxy) is 1. The van der Waals surface area contributed by atoms with Crippen molar-refractivity contribution < 1.29 is 9.53 Å². The zero-order valence-electron chi connectivity index (χ0n) is 19.7. The molecule has 0 spiro atoms. The molecule has 1 amide bonds. The summed E-state index contributed by atoms with van der Waals surface area (Å²) in [6, 6.07) is 30.5. The van der Waals surface area contributed by atoms with E-state index in [4.69, 9.17) is 39.5 Å². The van der Waals surface area contributed by atoms with Gasteiger partial charge >= 0.3 is 0 Å². The van der Waals surface area contributed by atoms with E-state index in [1.165, 1.54) is 0 Å².